The quantitative estimate of drug-likeness (QED) is 0.307. The highest BCUT2D eigenvalue weighted by Crippen LogP contribution is 2.25. The van der Waals surface area contributed by atoms with Gasteiger partial charge in [-0.3, -0.25) is 4.79 Å². The Balaban J connectivity index is 1.64. The van der Waals surface area contributed by atoms with Gasteiger partial charge in [-0.15, -0.1) is 0 Å². The maximum atomic E-state index is 12.5. The number of aromatic hydroxyl groups is 1. The molecule has 0 unspecified atom stereocenters. The van der Waals surface area contributed by atoms with Crippen LogP contribution in [0.2, 0.25) is 0 Å². The number of rotatable bonds is 4. The number of phenols is 1. The Morgan fingerprint density at radius 3 is 2.43 bits per heavy atom. The van der Waals surface area contributed by atoms with Gasteiger partial charge in [0.25, 0.3) is 5.91 Å². The monoisotopic (exact) mass is 402 g/mol. The summed E-state index contributed by atoms with van der Waals surface area (Å²) in [5.41, 5.74) is 2.79. The Kier molecular flexibility index (Phi) is 4.93. The van der Waals surface area contributed by atoms with Crippen LogP contribution < -0.4 is 15.8 Å². The van der Waals surface area contributed by atoms with E-state index >= 15 is 0 Å². The van der Waals surface area contributed by atoms with E-state index in [0.29, 0.717) is 16.7 Å². The maximum absolute atomic E-state index is 12.5. The number of benzene rings is 3. The molecule has 0 saturated carbocycles. The topological polar surface area (TPSA) is 101 Å². The lowest BCUT2D eigenvalue weighted by molar-refractivity contribution is 0.0952. The molecule has 0 spiro atoms. The van der Waals surface area contributed by atoms with Gasteiger partial charge in [0.2, 0.25) is 0 Å². The van der Waals surface area contributed by atoms with Gasteiger partial charge < -0.3 is 14.3 Å². The van der Waals surface area contributed by atoms with E-state index in [1.807, 2.05) is 24.3 Å². The van der Waals surface area contributed by atoms with Crippen LogP contribution in [-0.2, 0) is 0 Å². The molecule has 0 bridgehead atoms. The predicted molar refractivity (Wildman–Crippen MR) is 114 cm³/mol. The van der Waals surface area contributed by atoms with Crippen molar-refractivity contribution in [3.63, 3.8) is 0 Å². The standard InChI is InChI=1S/C23H18N2O5/c1-13(18-11-16-9-17(29-2)7-8-21(16)30-23(18)28)24-25-22(27)19-10-14-5-3-4-6-15(14)12-20(19)26/h3-12,26H,1-2H3,(H,25,27)/b24-13-. The number of ether oxygens (including phenoxy) is 1. The summed E-state index contributed by atoms with van der Waals surface area (Å²) in [4.78, 5) is 24.8. The molecule has 3 aromatic carbocycles. The van der Waals surface area contributed by atoms with Crippen LogP contribution in [0.3, 0.4) is 0 Å². The average Bonchev–Trinajstić information content (AvgIpc) is 2.75. The number of fused-ring (bicyclic) bond motifs is 2. The Bertz CT molecular complexity index is 1370. The number of amides is 1. The van der Waals surface area contributed by atoms with Gasteiger partial charge in [-0.2, -0.15) is 5.10 Å². The molecule has 1 amide bonds. The molecule has 0 aliphatic heterocycles. The molecule has 0 aliphatic carbocycles. The second-order valence-electron chi connectivity index (χ2n) is 6.71. The maximum Gasteiger partial charge on any atom is 0.345 e. The largest absolute Gasteiger partial charge is 0.507 e. The van der Waals surface area contributed by atoms with Gasteiger partial charge >= 0.3 is 5.63 Å². The number of carbonyl (C=O) groups excluding carboxylic acids is 1. The summed E-state index contributed by atoms with van der Waals surface area (Å²) in [6.07, 6.45) is 0. The summed E-state index contributed by atoms with van der Waals surface area (Å²) in [6.45, 7) is 1.58. The molecule has 0 aliphatic rings. The first kappa shape index (κ1) is 19.2. The van der Waals surface area contributed by atoms with Crippen LogP contribution in [0.25, 0.3) is 21.7 Å². The van der Waals surface area contributed by atoms with E-state index in [4.69, 9.17) is 9.15 Å². The van der Waals surface area contributed by atoms with Gasteiger partial charge in [0.05, 0.1) is 23.9 Å². The number of nitrogens with one attached hydrogen (secondary N) is 1. The van der Waals surface area contributed by atoms with Crippen LogP contribution >= 0.6 is 0 Å². The lowest BCUT2D eigenvalue weighted by atomic mass is 10.1. The average molecular weight is 402 g/mol. The van der Waals surface area contributed by atoms with E-state index in [2.05, 4.69) is 10.5 Å². The van der Waals surface area contributed by atoms with Crippen LogP contribution in [0.5, 0.6) is 11.5 Å². The fourth-order valence-corrected chi connectivity index (χ4v) is 3.15. The summed E-state index contributed by atoms with van der Waals surface area (Å²) >= 11 is 0. The first-order valence-electron chi connectivity index (χ1n) is 9.15. The van der Waals surface area contributed by atoms with E-state index < -0.39 is 11.5 Å². The van der Waals surface area contributed by atoms with Crippen LogP contribution in [0.15, 0.2) is 75.0 Å². The van der Waals surface area contributed by atoms with Crippen molar-refractivity contribution in [2.24, 2.45) is 5.10 Å². The molecule has 0 fully saturated rings. The molecule has 2 N–H and O–H groups in total. The summed E-state index contributed by atoms with van der Waals surface area (Å²) in [7, 11) is 1.55. The number of hydrazone groups is 1. The summed E-state index contributed by atoms with van der Waals surface area (Å²) < 4.78 is 10.5. The van der Waals surface area contributed by atoms with Crippen molar-refractivity contribution < 1.29 is 19.1 Å². The minimum atomic E-state index is -0.593. The normalized spacial score (nSPS) is 11.6. The minimum Gasteiger partial charge on any atom is -0.507 e. The first-order chi connectivity index (χ1) is 14.5. The molecule has 0 radical (unpaired) electrons. The number of methoxy groups -OCH3 is 1. The molecule has 1 heterocycles. The van der Waals surface area contributed by atoms with E-state index in [9.17, 15) is 14.7 Å². The SMILES string of the molecule is COc1ccc2oc(=O)c(/C(C)=N\NC(=O)c3cc4ccccc4cc3O)cc2c1. The van der Waals surface area contributed by atoms with Crippen molar-refractivity contribution in [2.75, 3.05) is 7.11 Å². The fraction of sp³-hybridized carbons (Fsp3) is 0.0870. The molecule has 0 saturated heterocycles. The second kappa shape index (κ2) is 7.71. The van der Waals surface area contributed by atoms with Gasteiger partial charge in [-0.1, -0.05) is 24.3 Å². The van der Waals surface area contributed by atoms with E-state index in [0.717, 1.165) is 10.8 Å². The molecule has 150 valence electrons. The van der Waals surface area contributed by atoms with Crippen molar-refractivity contribution in [1.29, 1.82) is 0 Å². The van der Waals surface area contributed by atoms with E-state index in [1.165, 1.54) is 6.07 Å². The lowest BCUT2D eigenvalue weighted by Gasteiger charge is -2.07. The van der Waals surface area contributed by atoms with Gasteiger partial charge in [-0.05, 0) is 54.1 Å². The van der Waals surface area contributed by atoms with Crippen LogP contribution in [0.4, 0.5) is 0 Å². The third-order valence-corrected chi connectivity index (χ3v) is 4.76. The molecule has 4 aromatic rings. The number of carbonyl (C=O) groups is 1. The fourth-order valence-electron chi connectivity index (χ4n) is 3.15. The molecular formula is C23H18N2O5. The molecule has 30 heavy (non-hydrogen) atoms. The number of hydrogen-bond donors (Lipinski definition) is 2. The summed E-state index contributed by atoms with van der Waals surface area (Å²) in [5.74, 6) is -0.127. The zero-order valence-corrected chi connectivity index (χ0v) is 16.3. The van der Waals surface area contributed by atoms with Crippen LogP contribution in [-0.4, -0.2) is 23.8 Å². The highest BCUT2D eigenvalue weighted by atomic mass is 16.5. The highest BCUT2D eigenvalue weighted by molar-refractivity contribution is 6.04. The van der Waals surface area contributed by atoms with Crippen LogP contribution in [0.1, 0.15) is 22.8 Å². The second-order valence-corrected chi connectivity index (χ2v) is 6.71. The van der Waals surface area contributed by atoms with E-state index in [-0.39, 0.29) is 22.6 Å². The number of nitrogens with zero attached hydrogens (tertiary/aromatic N) is 1. The van der Waals surface area contributed by atoms with Crippen LogP contribution in [0, 0.1) is 0 Å². The van der Waals surface area contributed by atoms with Crippen molar-refractivity contribution in [1.82, 2.24) is 5.43 Å². The molecule has 0 atom stereocenters. The van der Waals surface area contributed by atoms with Crippen molar-refractivity contribution in [2.45, 2.75) is 6.92 Å². The number of phenolic OH excluding ortho intramolecular Hbond substituents is 1. The van der Waals surface area contributed by atoms with E-state index in [1.54, 1.807) is 44.4 Å². The zero-order chi connectivity index (χ0) is 21.3. The van der Waals surface area contributed by atoms with Crippen molar-refractivity contribution in [3.8, 4) is 11.5 Å². The third kappa shape index (κ3) is 3.60. The van der Waals surface area contributed by atoms with Gasteiger partial charge in [-0.25, -0.2) is 10.2 Å². The predicted octanol–water partition coefficient (Wildman–Crippen LogP) is 3.81. The Morgan fingerprint density at radius 1 is 1.00 bits per heavy atom. The smallest absolute Gasteiger partial charge is 0.345 e. The third-order valence-electron chi connectivity index (χ3n) is 4.76. The Labute approximate surface area is 171 Å². The molecule has 4 rings (SSSR count). The number of hydrogen-bond acceptors (Lipinski definition) is 6. The molecular weight excluding hydrogens is 384 g/mol. The summed E-state index contributed by atoms with van der Waals surface area (Å²) in [5, 5.41) is 16.5. The highest BCUT2D eigenvalue weighted by Gasteiger charge is 2.14. The minimum absolute atomic E-state index is 0.0838. The molecule has 7 heteroatoms. The van der Waals surface area contributed by atoms with Gasteiger partial charge in [0, 0.05) is 5.39 Å². The van der Waals surface area contributed by atoms with Crippen molar-refractivity contribution >= 4 is 33.4 Å². The zero-order valence-electron chi connectivity index (χ0n) is 16.3. The Hall–Kier alpha value is -4.13. The molecule has 1 aromatic heterocycles. The lowest BCUT2D eigenvalue weighted by Crippen LogP contribution is -2.21. The first-order valence-corrected chi connectivity index (χ1v) is 9.15. The molecule has 7 nitrogen and oxygen atoms in total. The van der Waals surface area contributed by atoms with Crippen molar-refractivity contribution in [3.05, 3.63) is 82.2 Å². The summed E-state index contributed by atoms with van der Waals surface area (Å²) in [6, 6.07) is 17.2. The Morgan fingerprint density at radius 2 is 1.70 bits per heavy atom. The van der Waals surface area contributed by atoms with Gasteiger partial charge in [0.15, 0.2) is 0 Å². The van der Waals surface area contributed by atoms with Gasteiger partial charge in [0.1, 0.15) is 17.1 Å².